The first kappa shape index (κ1) is 23.7. The SMILES string of the molecule is COC[C@H](C)NC1CCC(Cc2cc(-c3cnc(Cl)c(NCC4CC4)c3)c(Cl)cn2)CC1. The molecule has 2 fully saturated rings. The summed E-state index contributed by atoms with van der Waals surface area (Å²) in [6.45, 7) is 3.89. The van der Waals surface area contributed by atoms with Crippen molar-refractivity contribution in [2.24, 2.45) is 11.8 Å². The van der Waals surface area contributed by atoms with Gasteiger partial charge in [0.15, 0.2) is 5.15 Å². The van der Waals surface area contributed by atoms with Crippen LogP contribution in [-0.2, 0) is 11.2 Å². The average Bonchev–Trinajstić information content (AvgIpc) is 3.61. The van der Waals surface area contributed by atoms with E-state index in [0.29, 0.717) is 28.2 Å². The Balaban J connectivity index is 1.38. The van der Waals surface area contributed by atoms with Crippen LogP contribution in [0, 0.1) is 11.8 Å². The molecule has 7 heteroatoms. The maximum absolute atomic E-state index is 6.53. The summed E-state index contributed by atoms with van der Waals surface area (Å²) in [7, 11) is 1.76. The first-order valence-corrected chi connectivity index (χ1v) is 12.6. The second-order valence-corrected chi connectivity index (χ2v) is 10.3. The van der Waals surface area contributed by atoms with Crippen molar-refractivity contribution in [1.29, 1.82) is 0 Å². The van der Waals surface area contributed by atoms with Gasteiger partial charge in [-0.05, 0) is 75.8 Å². The Morgan fingerprint density at radius 2 is 1.78 bits per heavy atom. The third-order valence-corrected chi connectivity index (χ3v) is 7.22. The molecule has 2 aliphatic carbocycles. The number of aromatic nitrogens is 2. The highest BCUT2D eigenvalue weighted by atomic mass is 35.5. The molecule has 0 spiro atoms. The van der Waals surface area contributed by atoms with Gasteiger partial charge in [0.1, 0.15) is 0 Å². The molecule has 2 heterocycles. The lowest BCUT2D eigenvalue weighted by Gasteiger charge is -2.31. The van der Waals surface area contributed by atoms with E-state index in [2.05, 4.69) is 39.7 Å². The number of pyridine rings is 2. The van der Waals surface area contributed by atoms with Crippen LogP contribution < -0.4 is 10.6 Å². The van der Waals surface area contributed by atoms with E-state index in [-0.39, 0.29) is 0 Å². The molecule has 2 N–H and O–H groups in total. The topological polar surface area (TPSA) is 59.1 Å². The van der Waals surface area contributed by atoms with E-state index in [0.717, 1.165) is 48.0 Å². The molecule has 0 aliphatic heterocycles. The zero-order valence-corrected chi connectivity index (χ0v) is 20.6. The Morgan fingerprint density at radius 3 is 2.50 bits per heavy atom. The summed E-state index contributed by atoms with van der Waals surface area (Å²) in [6, 6.07) is 5.18. The quantitative estimate of drug-likeness (QED) is 0.411. The standard InChI is InChI=1S/C25H34Cl2N4O/c1-16(15-32-2)31-20-7-5-17(6-8-20)9-21-11-22(23(26)14-28-21)19-10-24(25(27)30-13-19)29-12-18-3-4-18/h10-11,13-14,16-18,20,29,31H,3-9,12,15H2,1-2H3/t16-,17?,20?/m0/s1. The van der Waals surface area contributed by atoms with Crippen LogP contribution in [0.5, 0.6) is 0 Å². The lowest BCUT2D eigenvalue weighted by molar-refractivity contribution is 0.158. The van der Waals surface area contributed by atoms with Crippen LogP contribution in [0.25, 0.3) is 11.1 Å². The maximum Gasteiger partial charge on any atom is 0.152 e. The zero-order chi connectivity index (χ0) is 22.5. The normalized spacial score (nSPS) is 22.0. The summed E-state index contributed by atoms with van der Waals surface area (Å²) in [5.74, 6) is 1.42. The van der Waals surface area contributed by atoms with Crippen molar-refractivity contribution in [2.45, 2.75) is 64.0 Å². The molecular formula is C25H34Cl2N4O. The summed E-state index contributed by atoms with van der Waals surface area (Å²) in [6.07, 6.45) is 12.0. The van der Waals surface area contributed by atoms with Crippen LogP contribution in [0.15, 0.2) is 24.5 Å². The molecule has 5 nitrogen and oxygen atoms in total. The second kappa shape index (κ2) is 11.1. The number of ether oxygens (including phenoxy) is 1. The van der Waals surface area contributed by atoms with Gasteiger partial charge in [-0.15, -0.1) is 0 Å². The Hall–Kier alpha value is -1.40. The van der Waals surface area contributed by atoms with E-state index >= 15 is 0 Å². The minimum Gasteiger partial charge on any atom is -0.383 e. The van der Waals surface area contributed by atoms with E-state index in [1.165, 1.54) is 38.5 Å². The van der Waals surface area contributed by atoms with Crippen LogP contribution in [-0.4, -0.2) is 42.3 Å². The third kappa shape index (κ3) is 6.57. The van der Waals surface area contributed by atoms with Gasteiger partial charge in [0.25, 0.3) is 0 Å². The van der Waals surface area contributed by atoms with Gasteiger partial charge in [0, 0.05) is 55.0 Å². The van der Waals surface area contributed by atoms with Gasteiger partial charge < -0.3 is 15.4 Å². The number of hydrogen-bond acceptors (Lipinski definition) is 5. The van der Waals surface area contributed by atoms with Crippen molar-refractivity contribution in [3.63, 3.8) is 0 Å². The van der Waals surface area contributed by atoms with E-state index in [9.17, 15) is 0 Å². The van der Waals surface area contributed by atoms with Crippen LogP contribution in [0.2, 0.25) is 10.2 Å². The van der Waals surface area contributed by atoms with Gasteiger partial charge in [-0.2, -0.15) is 0 Å². The fourth-order valence-electron chi connectivity index (χ4n) is 4.64. The fourth-order valence-corrected chi connectivity index (χ4v) is 5.02. The molecule has 1 atom stereocenters. The summed E-state index contributed by atoms with van der Waals surface area (Å²) in [4.78, 5) is 9.03. The minimum atomic E-state index is 0.402. The molecule has 0 radical (unpaired) electrons. The van der Waals surface area contributed by atoms with Gasteiger partial charge in [-0.25, -0.2) is 4.98 Å². The molecule has 2 aromatic rings. The Morgan fingerprint density at radius 1 is 1.03 bits per heavy atom. The molecule has 174 valence electrons. The minimum absolute atomic E-state index is 0.402. The lowest BCUT2D eigenvalue weighted by atomic mass is 9.83. The molecule has 0 saturated heterocycles. The van der Waals surface area contributed by atoms with Crippen LogP contribution in [0.4, 0.5) is 5.69 Å². The predicted octanol–water partition coefficient (Wildman–Crippen LogP) is 6.00. The van der Waals surface area contributed by atoms with Gasteiger partial charge in [-0.3, -0.25) is 4.98 Å². The number of hydrogen-bond donors (Lipinski definition) is 2. The smallest absolute Gasteiger partial charge is 0.152 e. The van der Waals surface area contributed by atoms with Crippen LogP contribution >= 0.6 is 23.2 Å². The number of rotatable bonds is 10. The van der Waals surface area contributed by atoms with E-state index < -0.39 is 0 Å². The first-order chi connectivity index (χ1) is 15.5. The number of halogens is 2. The second-order valence-electron chi connectivity index (χ2n) is 9.49. The highest BCUT2D eigenvalue weighted by molar-refractivity contribution is 6.33. The summed E-state index contributed by atoms with van der Waals surface area (Å²) in [5, 5.41) is 8.28. The van der Waals surface area contributed by atoms with Crippen molar-refractivity contribution in [3.05, 3.63) is 40.4 Å². The monoisotopic (exact) mass is 476 g/mol. The largest absolute Gasteiger partial charge is 0.383 e. The van der Waals surface area contributed by atoms with Crippen molar-refractivity contribution in [1.82, 2.24) is 15.3 Å². The fraction of sp³-hybridized carbons (Fsp3) is 0.600. The molecule has 4 rings (SSSR count). The molecule has 0 bridgehead atoms. The molecule has 0 amide bonds. The van der Waals surface area contributed by atoms with Crippen molar-refractivity contribution in [2.75, 3.05) is 25.6 Å². The molecular weight excluding hydrogens is 443 g/mol. The van der Waals surface area contributed by atoms with Crippen molar-refractivity contribution in [3.8, 4) is 11.1 Å². The summed E-state index contributed by atoms with van der Waals surface area (Å²) < 4.78 is 5.25. The Labute approximate surface area is 201 Å². The maximum atomic E-state index is 6.53. The Kier molecular flexibility index (Phi) is 8.27. The van der Waals surface area contributed by atoms with Crippen LogP contribution in [0.1, 0.15) is 51.1 Å². The first-order valence-electron chi connectivity index (χ1n) is 11.8. The summed E-state index contributed by atoms with van der Waals surface area (Å²) in [5.41, 5.74) is 3.91. The molecule has 2 aliphatic rings. The van der Waals surface area contributed by atoms with E-state index in [1.54, 1.807) is 19.5 Å². The van der Waals surface area contributed by atoms with Crippen molar-refractivity contribution >= 4 is 28.9 Å². The van der Waals surface area contributed by atoms with Crippen LogP contribution in [0.3, 0.4) is 0 Å². The molecule has 2 saturated carbocycles. The van der Waals surface area contributed by atoms with E-state index in [4.69, 9.17) is 27.9 Å². The van der Waals surface area contributed by atoms with Gasteiger partial charge in [-0.1, -0.05) is 23.2 Å². The Bertz CT molecular complexity index is 898. The van der Waals surface area contributed by atoms with Gasteiger partial charge in [0.05, 0.1) is 17.3 Å². The molecule has 2 aromatic heterocycles. The number of nitrogens with zero attached hydrogens (tertiary/aromatic N) is 2. The van der Waals surface area contributed by atoms with E-state index in [1.807, 2.05) is 0 Å². The number of anilines is 1. The number of nitrogens with one attached hydrogen (secondary N) is 2. The average molecular weight is 477 g/mol. The highest BCUT2D eigenvalue weighted by Crippen LogP contribution is 2.35. The molecule has 32 heavy (non-hydrogen) atoms. The lowest BCUT2D eigenvalue weighted by Crippen LogP contribution is -2.41. The van der Waals surface area contributed by atoms with Gasteiger partial charge in [0.2, 0.25) is 0 Å². The predicted molar refractivity (Wildman–Crippen MR) is 133 cm³/mol. The molecule has 0 unspecified atom stereocenters. The van der Waals surface area contributed by atoms with Gasteiger partial charge >= 0.3 is 0 Å². The number of methoxy groups -OCH3 is 1. The highest BCUT2D eigenvalue weighted by Gasteiger charge is 2.23. The third-order valence-electron chi connectivity index (χ3n) is 6.62. The summed E-state index contributed by atoms with van der Waals surface area (Å²) >= 11 is 12.9. The zero-order valence-electron chi connectivity index (χ0n) is 19.0. The van der Waals surface area contributed by atoms with Crippen molar-refractivity contribution < 1.29 is 4.74 Å². The molecule has 0 aromatic carbocycles.